The molecule has 2 aromatic rings. The van der Waals surface area contributed by atoms with Crippen LogP contribution in [0.25, 0.3) is 5.69 Å². The summed E-state index contributed by atoms with van der Waals surface area (Å²) in [7, 11) is 0. The molecular weight excluding hydrogens is 286 g/mol. The number of carbonyl (C=O) groups is 1. The average molecular weight is 303 g/mol. The molecule has 1 aromatic heterocycles. The normalized spacial score (nSPS) is 21.4. The molecule has 1 unspecified atom stereocenters. The second kappa shape index (κ2) is 5.54. The Morgan fingerprint density at radius 2 is 2.19 bits per heavy atom. The fourth-order valence-corrected chi connectivity index (χ4v) is 3.49. The lowest BCUT2D eigenvalue weighted by atomic mass is 10.0. The molecule has 0 bridgehead atoms. The van der Waals surface area contributed by atoms with E-state index in [1.807, 2.05) is 43.5 Å². The van der Waals surface area contributed by atoms with Crippen molar-refractivity contribution in [2.45, 2.75) is 18.9 Å². The molecule has 1 aliphatic heterocycles. The van der Waals surface area contributed by atoms with Crippen LogP contribution in [0.4, 0.5) is 5.82 Å². The largest absolute Gasteiger partial charge is 0.379 e. The van der Waals surface area contributed by atoms with Crippen LogP contribution in [-0.2, 0) is 4.79 Å². The van der Waals surface area contributed by atoms with Crippen molar-refractivity contribution in [1.29, 1.82) is 0 Å². The van der Waals surface area contributed by atoms with E-state index in [2.05, 4.69) is 10.4 Å². The van der Waals surface area contributed by atoms with Gasteiger partial charge in [-0.15, -0.1) is 5.10 Å². The van der Waals surface area contributed by atoms with Crippen LogP contribution in [0.1, 0.15) is 12.0 Å². The Morgan fingerprint density at radius 3 is 2.86 bits per heavy atom. The number of carbonyl (C=O) groups excluding carboxylic acids is 1. The number of amides is 1. The van der Waals surface area contributed by atoms with E-state index in [1.54, 1.807) is 16.4 Å². The van der Waals surface area contributed by atoms with E-state index in [0.29, 0.717) is 18.0 Å². The number of aromatic nitrogens is 2. The first-order valence-corrected chi connectivity index (χ1v) is 7.97. The van der Waals surface area contributed by atoms with Gasteiger partial charge in [0.15, 0.2) is 11.4 Å². The number of rotatable bonds is 3. The molecule has 3 rings (SSSR count). The summed E-state index contributed by atoms with van der Waals surface area (Å²) < 4.78 is 1.72. The molecule has 110 valence electrons. The highest BCUT2D eigenvalue weighted by Gasteiger charge is 2.39. The van der Waals surface area contributed by atoms with Crippen molar-refractivity contribution in [3.63, 3.8) is 0 Å². The lowest BCUT2D eigenvalue weighted by Crippen LogP contribution is -2.43. The molecule has 1 atom stereocenters. The van der Waals surface area contributed by atoms with Crippen molar-refractivity contribution in [2.75, 3.05) is 16.8 Å². The molecular formula is C15H17N3O2S. The van der Waals surface area contributed by atoms with Crippen molar-refractivity contribution in [1.82, 2.24) is 9.78 Å². The molecule has 6 heteroatoms. The molecule has 1 fully saturated rings. The number of benzene rings is 1. The summed E-state index contributed by atoms with van der Waals surface area (Å²) >= 11 is 1.59. The van der Waals surface area contributed by atoms with Crippen LogP contribution in [0.3, 0.4) is 0 Å². The third kappa shape index (κ3) is 2.82. The standard InChI is InChI=1S/C15H17N3O2S/c1-11-9-18(12-5-3-2-4-6-12)17-13(11)16-14(19)15(20)7-8-21-10-15/h2-6,9,20H,7-8,10H2,1H3,(H,16,17,19). The van der Waals surface area contributed by atoms with Crippen molar-refractivity contribution in [3.8, 4) is 5.69 Å². The van der Waals surface area contributed by atoms with E-state index in [4.69, 9.17) is 0 Å². The van der Waals surface area contributed by atoms with E-state index < -0.39 is 5.60 Å². The molecule has 0 aliphatic carbocycles. The van der Waals surface area contributed by atoms with Gasteiger partial charge in [0.1, 0.15) is 0 Å². The maximum Gasteiger partial charge on any atom is 0.258 e. The van der Waals surface area contributed by atoms with Crippen LogP contribution in [0.5, 0.6) is 0 Å². The monoisotopic (exact) mass is 303 g/mol. The summed E-state index contributed by atoms with van der Waals surface area (Å²) in [4.78, 5) is 12.2. The van der Waals surface area contributed by atoms with Gasteiger partial charge in [-0.3, -0.25) is 4.79 Å². The quantitative estimate of drug-likeness (QED) is 0.910. The first-order valence-electron chi connectivity index (χ1n) is 6.82. The second-order valence-corrected chi connectivity index (χ2v) is 6.33. The van der Waals surface area contributed by atoms with Gasteiger partial charge in [0.25, 0.3) is 5.91 Å². The molecule has 1 saturated heterocycles. The number of hydrogen-bond donors (Lipinski definition) is 2. The molecule has 5 nitrogen and oxygen atoms in total. The van der Waals surface area contributed by atoms with Crippen molar-refractivity contribution < 1.29 is 9.90 Å². The Kier molecular flexibility index (Phi) is 3.73. The number of hydrogen-bond acceptors (Lipinski definition) is 4. The van der Waals surface area contributed by atoms with Crippen molar-refractivity contribution >= 4 is 23.5 Å². The van der Waals surface area contributed by atoms with E-state index in [-0.39, 0.29) is 5.91 Å². The first kappa shape index (κ1) is 14.2. The molecule has 0 radical (unpaired) electrons. The van der Waals surface area contributed by atoms with E-state index in [0.717, 1.165) is 17.0 Å². The van der Waals surface area contributed by atoms with E-state index in [1.165, 1.54) is 0 Å². The fraction of sp³-hybridized carbons (Fsp3) is 0.333. The number of nitrogens with zero attached hydrogens (tertiary/aromatic N) is 2. The third-order valence-corrected chi connectivity index (χ3v) is 4.75. The Morgan fingerprint density at radius 1 is 1.43 bits per heavy atom. The molecule has 1 aliphatic rings. The molecule has 0 spiro atoms. The minimum Gasteiger partial charge on any atom is -0.379 e. The van der Waals surface area contributed by atoms with Crippen LogP contribution in [-0.4, -0.2) is 37.9 Å². The predicted molar refractivity (Wildman–Crippen MR) is 83.8 cm³/mol. The molecule has 0 saturated carbocycles. The Bertz CT molecular complexity index is 648. The highest BCUT2D eigenvalue weighted by atomic mass is 32.2. The number of thioether (sulfide) groups is 1. The number of nitrogens with one attached hydrogen (secondary N) is 1. The Hall–Kier alpha value is -1.79. The molecule has 1 amide bonds. The number of aliphatic hydroxyl groups is 1. The number of para-hydroxylation sites is 1. The van der Waals surface area contributed by atoms with Gasteiger partial charge < -0.3 is 10.4 Å². The van der Waals surface area contributed by atoms with Gasteiger partial charge in [0, 0.05) is 17.5 Å². The zero-order valence-corrected chi connectivity index (χ0v) is 12.6. The first-order chi connectivity index (χ1) is 10.1. The summed E-state index contributed by atoms with van der Waals surface area (Å²) in [5.74, 6) is 1.38. The fourth-order valence-electron chi connectivity index (χ4n) is 2.25. The van der Waals surface area contributed by atoms with Crippen LogP contribution in [0, 0.1) is 6.92 Å². The minimum atomic E-state index is -1.27. The highest BCUT2D eigenvalue weighted by Crippen LogP contribution is 2.29. The predicted octanol–water partition coefficient (Wildman–Crippen LogP) is 1.99. The van der Waals surface area contributed by atoms with Gasteiger partial charge in [-0.05, 0) is 31.2 Å². The average Bonchev–Trinajstić information content (AvgIpc) is 3.08. The van der Waals surface area contributed by atoms with Crippen LogP contribution in [0.2, 0.25) is 0 Å². The zero-order valence-electron chi connectivity index (χ0n) is 11.7. The number of aryl methyl sites for hydroxylation is 1. The summed E-state index contributed by atoms with van der Waals surface area (Å²) in [5, 5.41) is 17.4. The van der Waals surface area contributed by atoms with Crippen molar-refractivity contribution in [3.05, 3.63) is 42.1 Å². The lowest BCUT2D eigenvalue weighted by Gasteiger charge is -2.19. The van der Waals surface area contributed by atoms with Crippen LogP contribution < -0.4 is 5.32 Å². The summed E-state index contributed by atoms with van der Waals surface area (Å²) in [6, 6.07) is 9.69. The van der Waals surface area contributed by atoms with Gasteiger partial charge in [-0.25, -0.2) is 4.68 Å². The maximum absolute atomic E-state index is 12.2. The highest BCUT2D eigenvalue weighted by molar-refractivity contribution is 7.99. The van der Waals surface area contributed by atoms with Gasteiger partial charge in [-0.2, -0.15) is 11.8 Å². The van der Waals surface area contributed by atoms with Crippen LogP contribution >= 0.6 is 11.8 Å². The van der Waals surface area contributed by atoms with Gasteiger partial charge in [0.05, 0.1) is 5.69 Å². The molecule has 2 N–H and O–H groups in total. The minimum absolute atomic E-state index is 0.367. The summed E-state index contributed by atoms with van der Waals surface area (Å²) in [6.45, 7) is 1.88. The van der Waals surface area contributed by atoms with Gasteiger partial charge in [0.2, 0.25) is 0 Å². The van der Waals surface area contributed by atoms with Crippen molar-refractivity contribution in [2.24, 2.45) is 0 Å². The molecule has 21 heavy (non-hydrogen) atoms. The van der Waals surface area contributed by atoms with E-state index >= 15 is 0 Å². The lowest BCUT2D eigenvalue weighted by molar-refractivity contribution is -0.131. The van der Waals surface area contributed by atoms with Crippen LogP contribution in [0.15, 0.2) is 36.5 Å². The van der Waals surface area contributed by atoms with Gasteiger partial charge >= 0.3 is 0 Å². The third-order valence-electron chi connectivity index (χ3n) is 3.57. The second-order valence-electron chi connectivity index (χ2n) is 5.23. The molecule has 1 aromatic carbocycles. The molecule has 2 heterocycles. The van der Waals surface area contributed by atoms with Gasteiger partial charge in [-0.1, -0.05) is 18.2 Å². The summed E-state index contributed by atoms with van der Waals surface area (Å²) in [5.41, 5.74) is 0.519. The maximum atomic E-state index is 12.2. The topological polar surface area (TPSA) is 67.2 Å². The SMILES string of the molecule is Cc1cn(-c2ccccc2)nc1NC(=O)C1(O)CCSC1. The zero-order chi connectivity index (χ0) is 14.9. The number of anilines is 1. The summed E-state index contributed by atoms with van der Waals surface area (Å²) in [6.07, 6.45) is 2.35. The smallest absolute Gasteiger partial charge is 0.258 e. The Balaban J connectivity index is 1.81. The van der Waals surface area contributed by atoms with E-state index in [9.17, 15) is 9.90 Å². The Labute approximate surface area is 127 Å².